The molecule has 3 N–H and O–H groups in total. The largest absolute Gasteiger partial charge is 0.489 e. The number of sulfonamides is 1. The first-order valence-corrected chi connectivity index (χ1v) is 12.2. The lowest BCUT2D eigenvalue weighted by Crippen LogP contribution is -2.27. The quantitative estimate of drug-likeness (QED) is 0.473. The van der Waals surface area contributed by atoms with Crippen LogP contribution in [0.1, 0.15) is 22.7 Å². The Hall–Kier alpha value is -3.33. The molecule has 0 amide bonds. The second kappa shape index (κ2) is 8.55. The third kappa shape index (κ3) is 4.45. The van der Waals surface area contributed by atoms with E-state index in [1.54, 1.807) is 12.1 Å². The molecule has 1 atom stereocenters. The van der Waals surface area contributed by atoms with E-state index in [0.717, 1.165) is 38.5 Å². The van der Waals surface area contributed by atoms with Crippen molar-refractivity contribution in [2.24, 2.45) is 10.1 Å². The molecule has 1 aliphatic rings. The molecule has 0 radical (unpaired) electrons. The SMILES string of the molecule is Cc1cc(COc2ccc3cc(S(N)(=O)=O)cc(C4C=NCNC4)c3c2)c2ccccc2n1. The molecule has 3 aromatic carbocycles. The standard InChI is InChI=1S/C25H24N4O3S/c1-16-8-18(22-4-2-3-5-25(22)29-16)14-32-20-7-6-17-9-21(33(26,30)31)11-24(23(17)10-20)19-12-27-15-28-13-19/h2-12,19,28H,13-15H2,1H3,(H2,26,30,31). The smallest absolute Gasteiger partial charge is 0.238 e. The number of aromatic nitrogens is 1. The molecule has 1 aromatic heterocycles. The van der Waals surface area contributed by atoms with E-state index in [1.807, 2.05) is 61.7 Å². The topological polar surface area (TPSA) is 107 Å². The third-order valence-corrected chi connectivity index (χ3v) is 6.73. The number of nitrogens with two attached hydrogens (primary N) is 1. The van der Waals surface area contributed by atoms with Gasteiger partial charge in [-0.2, -0.15) is 0 Å². The predicted octanol–water partition coefficient (Wildman–Crippen LogP) is 3.64. The van der Waals surface area contributed by atoms with Gasteiger partial charge in [0.05, 0.1) is 17.1 Å². The van der Waals surface area contributed by atoms with Crippen molar-refractivity contribution in [1.29, 1.82) is 0 Å². The molecule has 0 saturated carbocycles. The average Bonchev–Trinajstić information content (AvgIpc) is 2.81. The highest BCUT2D eigenvalue weighted by atomic mass is 32.2. The third-order valence-electron chi connectivity index (χ3n) is 5.84. The summed E-state index contributed by atoms with van der Waals surface area (Å²) in [6.07, 6.45) is 1.86. The van der Waals surface area contributed by atoms with Crippen LogP contribution in [-0.4, -0.2) is 32.8 Å². The number of hydrogen-bond acceptors (Lipinski definition) is 6. The monoisotopic (exact) mass is 460 g/mol. The Kier molecular flexibility index (Phi) is 5.57. The second-order valence-corrected chi connectivity index (χ2v) is 9.78. The minimum Gasteiger partial charge on any atom is -0.489 e. The molecule has 0 saturated heterocycles. The molecule has 33 heavy (non-hydrogen) atoms. The van der Waals surface area contributed by atoms with Gasteiger partial charge in [-0.3, -0.25) is 15.3 Å². The molecule has 7 nitrogen and oxygen atoms in total. The number of ether oxygens (including phenoxy) is 1. The number of nitrogens with one attached hydrogen (secondary N) is 1. The minimum atomic E-state index is -3.84. The Labute approximate surface area is 192 Å². The fourth-order valence-corrected chi connectivity index (χ4v) is 4.86. The lowest BCUT2D eigenvalue weighted by molar-refractivity contribution is 0.308. The van der Waals surface area contributed by atoms with Gasteiger partial charge in [0.2, 0.25) is 10.0 Å². The lowest BCUT2D eigenvalue weighted by atomic mass is 9.93. The highest BCUT2D eigenvalue weighted by molar-refractivity contribution is 7.89. The van der Waals surface area contributed by atoms with Gasteiger partial charge in [0.25, 0.3) is 0 Å². The van der Waals surface area contributed by atoms with E-state index in [0.29, 0.717) is 25.6 Å². The molecule has 5 rings (SSSR count). The van der Waals surface area contributed by atoms with Gasteiger partial charge in [0.1, 0.15) is 12.4 Å². The number of para-hydroxylation sites is 1. The molecule has 4 aromatic rings. The van der Waals surface area contributed by atoms with Crippen molar-refractivity contribution in [1.82, 2.24) is 10.3 Å². The highest BCUT2D eigenvalue weighted by Crippen LogP contribution is 2.32. The zero-order chi connectivity index (χ0) is 23.0. The number of aryl methyl sites for hydroxylation is 1. The van der Waals surface area contributed by atoms with Crippen LogP contribution in [0.5, 0.6) is 5.75 Å². The van der Waals surface area contributed by atoms with Gasteiger partial charge in [-0.15, -0.1) is 0 Å². The molecule has 1 unspecified atom stereocenters. The maximum absolute atomic E-state index is 12.1. The van der Waals surface area contributed by atoms with Gasteiger partial charge < -0.3 is 4.74 Å². The molecular weight excluding hydrogens is 436 g/mol. The van der Waals surface area contributed by atoms with Crippen molar-refractivity contribution in [2.75, 3.05) is 13.2 Å². The maximum atomic E-state index is 12.1. The van der Waals surface area contributed by atoms with Crippen molar-refractivity contribution < 1.29 is 13.2 Å². The molecule has 0 fully saturated rings. The first-order valence-electron chi connectivity index (χ1n) is 10.7. The highest BCUT2D eigenvalue weighted by Gasteiger charge is 2.19. The van der Waals surface area contributed by atoms with E-state index in [-0.39, 0.29) is 10.8 Å². The summed E-state index contributed by atoms with van der Waals surface area (Å²) in [6, 6.07) is 19.0. The van der Waals surface area contributed by atoms with Crippen LogP contribution >= 0.6 is 0 Å². The van der Waals surface area contributed by atoms with Crippen LogP contribution in [-0.2, 0) is 16.6 Å². The van der Waals surface area contributed by atoms with E-state index >= 15 is 0 Å². The summed E-state index contributed by atoms with van der Waals surface area (Å²) in [7, 11) is -3.84. The number of nitrogens with zero attached hydrogens (tertiary/aromatic N) is 2. The van der Waals surface area contributed by atoms with Gasteiger partial charge in [-0.05, 0) is 59.7 Å². The van der Waals surface area contributed by atoms with Crippen LogP contribution in [0, 0.1) is 6.92 Å². The van der Waals surface area contributed by atoms with Gasteiger partial charge in [0.15, 0.2) is 0 Å². The second-order valence-electron chi connectivity index (χ2n) is 8.22. The summed E-state index contributed by atoms with van der Waals surface area (Å²) in [5.41, 5.74) is 3.79. The number of hydrogen-bond donors (Lipinski definition) is 2. The van der Waals surface area contributed by atoms with Crippen LogP contribution < -0.4 is 15.2 Å². The summed E-state index contributed by atoms with van der Waals surface area (Å²) < 4.78 is 30.3. The Morgan fingerprint density at radius 2 is 1.94 bits per heavy atom. The van der Waals surface area contributed by atoms with Crippen molar-refractivity contribution in [3.63, 3.8) is 0 Å². The van der Waals surface area contributed by atoms with Gasteiger partial charge in [-0.1, -0.05) is 24.3 Å². The minimum absolute atomic E-state index is 0.0648. The van der Waals surface area contributed by atoms with Gasteiger partial charge in [-0.25, -0.2) is 13.6 Å². The Balaban J connectivity index is 1.54. The van der Waals surface area contributed by atoms with Gasteiger partial charge in [0, 0.05) is 35.3 Å². The molecule has 2 heterocycles. The number of rotatable bonds is 5. The molecule has 0 spiro atoms. The van der Waals surface area contributed by atoms with E-state index in [1.165, 1.54) is 0 Å². The molecule has 168 valence electrons. The summed E-state index contributed by atoms with van der Waals surface area (Å²) in [5.74, 6) is 0.636. The van der Waals surface area contributed by atoms with Crippen molar-refractivity contribution in [3.8, 4) is 5.75 Å². The predicted molar refractivity (Wildman–Crippen MR) is 130 cm³/mol. The number of aliphatic imine (C=N–C) groups is 1. The van der Waals surface area contributed by atoms with E-state index in [4.69, 9.17) is 9.88 Å². The fourth-order valence-electron chi connectivity index (χ4n) is 4.28. The number of fused-ring (bicyclic) bond motifs is 2. The maximum Gasteiger partial charge on any atom is 0.238 e. The molecule has 0 bridgehead atoms. The average molecular weight is 461 g/mol. The van der Waals surface area contributed by atoms with Crippen molar-refractivity contribution in [3.05, 3.63) is 77.5 Å². The summed E-state index contributed by atoms with van der Waals surface area (Å²) in [5, 5.41) is 11.4. The van der Waals surface area contributed by atoms with Crippen LogP contribution in [0.4, 0.5) is 0 Å². The van der Waals surface area contributed by atoms with Crippen LogP contribution in [0.2, 0.25) is 0 Å². The first-order chi connectivity index (χ1) is 15.9. The fraction of sp³-hybridized carbons (Fsp3) is 0.200. The Bertz CT molecular complexity index is 1500. The van der Waals surface area contributed by atoms with Crippen molar-refractivity contribution >= 4 is 37.9 Å². The Morgan fingerprint density at radius 3 is 2.73 bits per heavy atom. The zero-order valence-electron chi connectivity index (χ0n) is 18.2. The van der Waals surface area contributed by atoms with E-state index in [2.05, 4.69) is 15.3 Å². The summed E-state index contributed by atoms with van der Waals surface area (Å²) in [6.45, 7) is 3.59. The van der Waals surface area contributed by atoms with E-state index in [9.17, 15) is 8.42 Å². The Morgan fingerprint density at radius 1 is 1.09 bits per heavy atom. The van der Waals surface area contributed by atoms with Crippen LogP contribution in [0.3, 0.4) is 0 Å². The molecule has 0 aliphatic carbocycles. The summed E-state index contributed by atoms with van der Waals surface area (Å²) in [4.78, 5) is 9.00. The number of benzene rings is 3. The number of primary sulfonamides is 1. The molecular formula is C25H24N4O3S. The number of pyridine rings is 1. The molecule has 8 heteroatoms. The van der Waals surface area contributed by atoms with Crippen LogP contribution in [0.25, 0.3) is 21.7 Å². The van der Waals surface area contributed by atoms with Crippen molar-refractivity contribution in [2.45, 2.75) is 24.3 Å². The lowest BCUT2D eigenvalue weighted by Gasteiger charge is -2.20. The molecule has 1 aliphatic heterocycles. The summed E-state index contributed by atoms with van der Waals surface area (Å²) >= 11 is 0. The normalized spacial score (nSPS) is 16.4. The van der Waals surface area contributed by atoms with E-state index < -0.39 is 10.0 Å². The van der Waals surface area contributed by atoms with Crippen LogP contribution in [0.15, 0.2) is 70.6 Å². The zero-order valence-corrected chi connectivity index (χ0v) is 19.0. The van der Waals surface area contributed by atoms with Gasteiger partial charge >= 0.3 is 0 Å². The first kappa shape index (κ1) is 21.5.